The van der Waals surface area contributed by atoms with Gasteiger partial charge in [0.05, 0.1) is 19.3 Å². The summed E-state index contributed by atoms with van der Waals surface area (Å²) in [4.78, 5) is 38.0. The molecule has 1 saturated carbocycles. The maximum atomic E-state index is 12.9. The van der Waals surface area contributed by atoms with Gasteiger partial charge in [0.25, 0.3) is 11.5 Å². The van der Waals surface area contributed by atoms with Gasteiger partial charge in [-0.2, -0.15) is 0 Å². The van der Waals surface area contributed by atoms with Crippen molar-refractivity contribution in [1.82, 2.24) is 9.88 Å². The van der Waals surface area contributed by atoms with Gasteiger partial charge in [-0.05, 0) is 43.0 Å². The Kier molecular flexibility index (Phi) is 7.59. The van der Waals surface area contributed by atoms with Gasteiger partial charge >= 0.3 is 0 Å². The van der Waals surface area contributed by atoms with E-state index in [4.69, 9.17) is 14.6 Å². The molecule has 0 radical (unpaired) electrons. The Morgan fingerprint density at radius 3 is 2.81 bits per heavy atom. The van der Waals surface area contributed by atoms with Crippen LogP contribution in [-0.4, -0.2) is 54.3 Å². The number of carbonyl (C=O) groups excluding carboxylic acids is 2. The molecule has 2 N–H and O–H groups in total. The van der Waals surface area contributed by atoms with E-state index in [2.05, 4.69) is 5.32 Å². The molecule has 2 aromatic rings. The second kappa shape index (κ2) is 10.4. The van der Waals surface area contributed by atoms with E-state index in [1.165, 1.54) is 23.9 Å². The highest BCUT2D eigenvalue weighted by molar-refractivity contribution is 6.00. The highest BCUT2D eigenvalue weighted by Gasteiger charge is 2.39. The van der Waals surface area contributed by atoms with Crippen molar-refractivity contribution in [1.29, 1.82) is 0 Å². The molecule has 0 aliphatic heterocycles. The highest BCUT2D eigenvalue weighted by atomic mass is 16.5. The number of pyridine rings is 1. The third-order valence-electron chi connectivity index (χ3n) is 5.18. The summed E-state index contributed by atoms with van der Waals surface area (Å²) < 4.78 is 12.3. The summed E-state index contributed by atoms with van der Waals surface area (Å²) in [5.74, 6) is 0.0869. The van der Waals surface area contributed by atoms with E-state index in [9.17, 15) is 14.4 Å². The average Bonchev–Trinajstić information content (AvgIpc) is 3.50. The summed E-state index contributed by atoms with van der Waals surface area (Å²) in [6, 6.07) is 8.49. The molecular weight excluding hydrogens is 400 g/mol. The topological polar surface area (TPSA) is 107 Å². The van der Waals surface area contributed by atoms with Crippen LogP contribution in [0.15, 0.2) is 41.3 Å². The monoisotopic (exact) mass is 428 g/mol. The van der Waals surface area contributed by atoms with Crippen molar-refractivity contribution in [2.24, 2.45) is 5.92 Å². The summed E-state index contributed by atoms with van der Waals surface area (Å²) in [6.45, 7) is 2.77. The SMILES string of the molecule is CCOC1CC1CC(=O)c1cc(C(=O)NC)c(=O)n(Cc2cccc(OCCO)c2)c1. The van der Waals surface area contributed by atoms with Crippen LogP contribution in [0.3, 0.4) is 0 Å². The quantitative estimate of drug-likeness (QED) is 0.527. The molecule has 31 heavy (non-hydrogen) atoms. The van der Waals surface area contributed by atoms with E-state index in [-0.39, 0.29) is 43.1 Å². The Bertz CT molecular complexity index is 1000. The zero-order valence-electron chi connectivity index (χ0n) is 17.8. The van der Waals surface area contributed by atoms with Crippen molar-refractivity contribution in [3.63, 3.8) is 0 Å². The van der Waals surface area contributed by atoms with E-state index in [0.717, 1.165) is 12.0 Å². The first kappa shape index (κ1) is 22.7. The van der Waals surface area contributed by atoms with Gasteiger partial charge in [0.2, 0.25) is 0 Å². The van der Waals surface area contributed by atoms with Crippen LogP contribution in [0.2, 0.25) is 0 Å². The van der Waals surface area contributed by atoms with Gasteiger partial charge in [0.1, 0.15) is 17.9 Å². The Labute approximate surface area is 180 Å². The summed E-state index contributed by atoms with van der Waals surface area (Å²) in [7, 11) is 1.44. The smallest absolute Gasteiger partial charge is 0.263 e. The third-order valence-corrected chi connectivity index (χ3v) is 5.18. The Morgan fingerprint density at radius 1 is 1.29 bits per heavy atom. The fourth-order valence-corrected chi connectivity index (χ4v) is 3.51. The van der Waals surface area contributed by atoms with Crippen molar-refractivity contribution in [3.05, 3.63) is 63.6 Å². The summed E-state index contributed by atoms with van der Waals surface area (Å²) in [6.07, 6.45) is 2.79. The van der Waals surface area contributed by atoms with Crippen molar-refractivity contribution < 1.29 is 24.2 Å². The fraction of sp³-hybridized carbons (Fsp3) is 0.435. The number of nitrogens with zero attached hydrogens (tertiary/aromatic N) is 1. The fourth-order valence-electron chi connectivity index (χ4n) is 3.51. The van der Waals surface area contributed by atoms with Crippen LogP contribution in [-0.2, 0) is 11.3 Å². The molecule has 1 aliphatic carbocycles. The number of benzene rings is 1. The third kappa shape index (κ3) is 5.80. The molecule has 8 nitrogen and oxygen atoms in total. The average molecular weight is 428 g/mol. The molecule has 1 heterocycles. The Morgan fingerprint density at radius 2 is 2.10 bits per heavy atom. The summed E-state index contributed by atoms with van der Waals surface area (Å²) in [5, 5.41) is 11.4. The van der Waals surface area contributed by atoms with E-state index in [0.29, 0.717) is 24.3 Å². The van der Waals surface area contributed by atoms with Gasteiger partial charge in [-0.25, -0.2) is 0 Å². The summed E-state index contributed by atoms with van der Waals surface area (Å²) >= 11 is 0. The predicted octanol–water partition coefficient (Wildman–Crippen LogP) is 1.63. The lowest BCUT2D eigenvalue weighted by atomic mass is 10.0. The van der Waals surface area contributed by atoms with Gasteiger partial charge in [-0.3, -0.25) is 14.4 Å². The zero-order chi connectivity index (χ0) is 22.4. The second-order valence-electron chi connectivity index (χ2n) is 7.49. The van der Waals surface area contributed by atoms with Crippen LogP contribution in [0.5, 0.6) is 5.75 Å². The first-order chi connectivity index (χ1) is 15.0. The predicted molar refractivity (Wildman–Crippen MR) is 115 cm³/mol. The first-order valence-electron chi connectivity index (χ1n) is 10.4. The van der Waals surface area contributed by atoms with Crippen molar-refractivity contribution >= 4 is 11.7 Å². The summed E-state index contributed by atoms with van der Waals surface area (Å²) in [5.41, 5.74) is 0.547. The second-order valence-corrected chi connectivity index (χ2v) is 7.49. The van der Waals surface area contributed by atoms with E-state index in [1.54, 1.807) is 18.2 Å². The molecule has 1 aliphatic rings. The Hall–Kier alpha value is -2.97. The normalized spacial score (nSPS) is 17.3. The van der Waals surface area contributed by atoms with E-state index >= 15 is 0 Å². The van der Waals surface area contributed by atoms with Gasteiger partial charge in [0.15, 0.2) is 5.78 Å². The van der Waals surface area contributed by atoms with Crippen LogP contribution >= 0.6 is 0 Å². The maximum absolute atomic E-state index is 12.9. The van der Waals surface area contributed by atoms with Gasteiger partial charge < -0.3 is 24.5 Å². The molecule has 0 bridgehead atoms. The van der Waals surface area contributed by atoms with Gasteiger partial charge in [-0.1, -0.05) is 12.1 Å². The van der Waals surface area contributed by atoms with Crippen molar-refractivity contribution in [3.8, 4) is 5.75 Å². The number of rotatable bonds is 11. The lowest BCUT2D eigenvalue weighted by Crippen LogP contribution is -2.32. The number of ether oxygens (including phenoxy) is 2. The van der Waals surface area contributed by atoms with Gasteiger partial charge in [0, 0.05) is 31.8 Å². The largest absolute Gasteiger partial charge is 0.491 e. The number of Topliss-reactive ketones (excluding diaryl/α,β-unsaturated/α-hetero) is 1. The molecule has 3 rings (SSSR count). The van der Waals surface area contributed by atoms with Crippen LogP contribution < -0.4 is 15.6 Å². The number of amides is 1. The molecule has 2 atom stereocenters. The zero-order valence-corrected chi connectivity index (χ0v) is 17.8. The van der Waals surface area contributed by atoms with Crippen LogP contribution in [0.1, 0.15) is 46.0 Å². The molecule has 0 saturated heterocycles. The van der Waals surface area contributed by atoms with Crippen LogP contribution in [0.4, 0.5) is 0 Å². The minimum atomic E-state index is -0.535. The van der Waals surface area contributed by atoms with Crippen LogP contribution in [0.25, 0.3) is 0 Å². The molecule has 1 aromatic carbocycles. The molecule has 1 fully saturated rings. The number of carbonyl (C=O) groups is 2. The molecule has 1 aromatic heterocycles. The molecule has 1 amide bonds. The minimum Gasteiger partial charge on any atom is -0.491 e. The number of hydrogen-bond acceptors (Lipinski definition) is 6. The maximum Gasteiger partial charge on any atom is 0.263 e. The number of hydrogen-bond donors (Lipinski definition) is 2. The lowest BCUT2D eigenvalue weighted by Gasteiger charge is -2.12. The van der Waals surface area contributed by atoms with E-state index < -0.39 is 11.5 Å². The number of aliphatic hydroxyl groups is 1. The molecular formula is C23H28N2O6. The number of aromatic nitrogens is 1. The van der Waals surface area contributed by atoms with E-state index in [1.807, 2.05) is 13.0 Å². The van der Waals surface area contributed by atoms with Gasteiger partial charge in [-0.15, -0.1) is 0 Å². The molecule has 0 spiro atoms. The van der Waals surface area contributed by atoms with Crippen molar-refractivity contribution in [2.45, 2.75) is 32.4 Å². The number of nitrogens with one attached hydrogen (secondary N) is 1. The van der Waals surface area contributed by atoms with Crippen LogP contribution in [0, 0.1) is 5.92 Å². The molecule has 166 valence electrons. The minimum absolute atomic E-state index is 0.0711. The number of aliphatic hydroxyl groups excluding tert-OH is 1. The lowest BCUT2D eigenvalue weighted by molar-refractivity contribution is 0.0931. The molecule has 2 unspecified atom stereocenters. The first-order valence-corrected chi connectivity index (χ1v) is 10.4. The van der Waals surface area contributed by atoms with Crippen molar-refractivity contribution in [2.75, 3.05) is 26.9 Å². The number of ketones is 1. The molecule has 8 heteroatoms. The highest BCUT2D eigenvalue weighted by Crippen LogP contribution is 2.37. The standard InChI is InChI=1S/C23H28N2O6/c1-3-30-21-12-16(21)11-20(27)17-10-19(22(28)24-2)23(29)25(14-17)13-15-5-4-6-18(9-15)31-8-7-26/h4-6,9-10,14,16,21,26H,3,7-8,11-13H2,1-2H3,(H,24,28). The Balaban J connectivity index is 1.87.